The molecular formula is C72H73Cl2SiZr-3. The number of benzene rings is 8. The van der Waals surface area contributed by atoms with Crippen LogP contribution >= 0.6 is 17.0 Å². The van der Waals surface area contributed by atoms with Gasteiger partial charge in [0.1, 0.15) is 0 Å². The Labute approximate surface area is 477 Å². The molecule has 0 saturated carbocycles. The van der Waals surface area contributed by atoms with Crippen LogP contribution in [0.5, 0.6) is 0 Å². The molecule has 10 aromatic rings. The van der Waals surface area contributed by atoms with Crippen molar-refractivity contribution in [3.05, 3.63) is 228 Å². The van der Waals surface area contributed by atoms with Crippen molar-refractivity contribution in [3.8, 4) is 55.6 Å². The van der Waals surface area contributed by atoms with Crippen LogP contribution in [0.1, 0.15) is 152 Å². The average molecular weight is 1130 g/mol. The molecule has 0 saturated heterocycles. The van der Waals surface area contributed by atoms with Crippen LogP contribution in [0, 0.1) is 6.07 Å². The molecule has 0 atom stereocenters. The van der Waals surface area contributed by atoms with Crippen LogP contribution in [0.4, 0.5) is 0 Å². The molecule has 0 nitrogen and oxygen atoms in total. The minimum atomic E-state index is -0.826. The first-order chi connectivity index (χ1) is 36.6. The molecule has 0 bridgehead atoms. The zero-order valence-corrected chi connectivity index (χ0v) is 51.6. The van der Waals surface area contributed by atoms with Gasteiger partial charge >= 0.3 is 37.9 Å². The van der Waals surface area contributed by atoms with Crippen molar-refractivity contribution < 1.29 is 20.8 Å². The van der Waals surface area contributed by atoms with E-state index in [9.17, 15) is 0 Å². The number of halogens is 2. The van der Waals surface area contributed by atoms with E-state index in [0.717, 1.165) is 9.52 Å². The van der Waals surface area contributed by atoms with E-state index >= 15 is 0 Å². The van der Waals surface area contributed by atoms with E-state index in [-0.39, 0.29) is 0 Å². The van der Waals surface area contributed by atoms with Crippen molar-refractivity contribution in [3.63, 3.8) is 0 Å². The summed E-state index contributed by atoms with van der Waals surface area (Å²) in [6.07, 6.45) is 0. The fraction of sp³-hybridized carbons (Fsp3) is 0.250. The van der Waals surface area contributed by atoms with Gasteiger partial charge in [-0.15, -0.1) is 74.6 Å². The maximum Gasteiger partial charge on any atom is 0.0920 e. The van der Waals surface area contributed by atoms with E-state index in [4.69, 9.17) is 17.0 Å². The summed E-state index contributed by atoms with van der Waals surface area (Å²) in [5, 5.41) is 8.22. The van der Waals surface area contributed by atoms with E-state index in [0.29, 0.717) is 35.5 Å². The minimum Gasteiger partial charge on any atom is -0.184 e. The van der Waals surface area contributed by atoms with Gasteiger partial charge in [-0.3, -0.25) is 0 Å². The van der Waals surface area contributed by atoms with Crippen molar-refractivity contribution in [2.24, 2.45) is 0 Å². The number of hydrogen-bond acceptors (Lipinski definition) is 0. The maximum atomic E-state index is 4.93. The molecule has 10 aromatic carbocycles. The summed E-state index contributed by atoms with van der Waals surface area (Å²) in [5.74, 6) is 3.02. The first-order valence-electron chi connectivity index (χ1n) is 27.3. The maximum absolute atomic E-state index is 4.93. The van der Waals surface area contributed by atoms with Gasteiger partial charge in [-0.05, 0) is 80.0 Å². The van der Waals surface area contributed by atoms with E-state index in [1.165, 1.54) is 121 Å². The van der Waals surface area contributed by atoms with E-state index in [1.54, 1.807) is 0 Å². The van der Waals surface area contributed by atoms with E-state index < -0.39 is 20.8 Å². The van der Waals surface area contributed by atoms with Gasteiger partial charge < -0.3 is 0 Å². The van der Waals surface area contributed by atoms with Crippen LogP contribution in [0.25, 0.3) is 77.2 Å². The number of rotatable bonds is 10. The smallest absolute Gasteiger partial charge is 0.0920 e. The molecule has 0 N–H and O–H groups in total. The molecule has 386 valence electrons. The Morgan fingerprint density at radius 2 is 0.776 bits per heavy atom. The SMILES string of the molecule is CC(C)c1cc(-c2c(C(C)C)ccc3[cH-]c(-c4ccccc4)cc23)cc(C(C)C)c1.CC(C)c1cc(-c2c(C(C)C)ccc3[cH-]c(-c4ccccc4)cc23)cc(C(C)C)c1.[Cl][Zr][Cl].[c-]1cccc2c1[Si]c1ccccc1-2. The molecule has 0 amide bonds. The van der Waals surface area contributed by atoms with Gasteiger partial charge in [0.05, 0.1) is 9.52 Å². The van der Waals surface area contributed by atoms with Crippen molar-refractivity contribution in [2.45, 2.75) is 119 Å². The second-order valence-electron chi connectivity index (χ2n) is 22.2. The topological polar surface area (TPSA) is 0 Å². The Morgan fingerprint density at radius 1 is 0.395 bits per heavy atom. The van der Waals surface area contributed by atoms with Crippen molar-refractivity contribution >= 4 is 58.5 Å². The predicted octanol–water partition coefficient (Wildman–Crippen LogP) is 21.0. The van der Waals surface area contributed by atoms with Crippen LogP contribution < -0.4 is 10.4 Å². The Kier molecular flexibility index (Phi) is 19.4. The molecule has 0 aliphatic carbocycles. The van der Waals surface area contributed by atoms with Crippen LogP contribution in [-0.4, -0.2) is 9.52 Å². The first kappa shape index (κ1) is 56.9. The quantitative estimate of drug-likeness (QED) is 0.0946. The van der Waals surface area contributed by atoms with Gasteiger partial charge in [0.2, 0.25) is 0 Å². The zero-order chi connectivity index (χ0) is 54.2. The van der Waals surface area contributed by atoms with Crippen molar-refractivity contribution in [1.82, 2.24) is 0 Å². The fourth-order valence-electron chi connectivity index (χ4n) is 10.5. The second kappa shape index (κ2) is 25.9. The summed E-state index contributed by atoms with van der Waals surface area (Å²) in [6, 6.07) is 72.9. The first-order valence-corrected chi connectivity index (χ1v) is 34.6. The molecule has 0 aromatic heterocycles. The van der Waals surface area contributed by atoms with Crippen LogP contribution in [0.3, 0.4) is 0 Å². The van der Waals surface area contributed by atoms with Gasteiger partial charge in [-0.25, -0.2) is 0 Å². The van der Waals surface area contributed by atoms with Crippen molar-refractivity contribution in [2.75, 3.05) is 0 Å². The molecule has 0 spiro atoms. The molecule has 1 heterocycles. The van der Waals surface area contributed by atoms with Gasteiger partial charge in [0.25, 0.3) is 0 Å². The predicted molar refractivity (Wildman–Crippen MR) is 333 cm³/mol. The fourth-order valence-corrected chi connectivity index (χ4v) is 11.8. The molecule has 2 radical (unpaired) electrons. The van der Waals surface area contributed by atoms with E-state index in [2.05, 4.69) is 271 Å². The number of hydrogen-bond donors (Lipinski definition) is 0. The molecule has 1 aliphatic heterocycles. The van der Waals surface area contributed by atoms with Crippen LogP contribution in [-0.2, 0) is 20.8 Å². The Balaban J connectivity index is 0.000000157. The Hall–Kier alpha value is -5.34. The standard InChI is InChI=1S/2C30H33.C12H7Si.2ClH.Zr/c2*1-19(2)24-15-25(20(3)4)17-27(16-24)30-28(21(5)6)13-12-23-14-26(18-29(23)30)22-10-8-7-9-11-22;1-3-7-11-9(5-1)10-6-2-4-8-12(10)13-11;;;/h2*7-21H,1-6H3;1-7H;2*1H;/q3*-1;;;+2/p-2. The van der Waals surface area contributed by atoms with Gasteiger partial charge in [-0.2, -0.15) is 29.5 Å². The number of fused-ring (bicyclic) bond motifs is 5. The molecule has 0 unspecified atom stereocenters. The molecular weight excluding hydrogens is 1060 g/mol. The van der Waals surface area contributed by atoms with Gasteiger partial charge in [0.15, 0.2) is 0 Å². The third-order valence-electron chi connectivity index (χ3n) is 14.8. The van der Waals surface area contributed by atoms with Crippen molar-refractivity contribution in [1.29, 1.82) is 0 Å². The summed E-state index contributed by atoms with van der Waals surface area (Å²) >= 11 is -0.826. The third kappa shape index (κ3) is 13.1. The zero-order valence-electron chi connectivity index (χ0n) is 46.6. The monoisotopic (exact) mass is 1130 g/mol. The molecule has 11 rings (SSSR count). The molecule has 76 heavy (non-hydrogen) atoms. The molecule has 0 fully saturated rings. The van der Waals surface area contributed by atoms with Gasteiger partial charge in [-0.1, -0.05) is 250 Å². The van der Waals surface area contributed by atoms with Crippen LogP contribution in [0.2, 0.25) is 0 Å². The molecule has 4 heteroatoms. The summed E-state index contributed by atoms with van der Waals surface area (Å²) in [5.41, 5.74) is 22.1. The molecule has 1 aliphatic rings. The largest absolute Gasteiger partial charge is 0.184 e. The average Bonchev–Trinajstić information content (AvgIpc) is 4.17. The minimum absolute atomic E-state index is 0.477. The Morgan fingerprint density at radius 3 is 1.17 bits per heavy atom. The summed E-state index contributed by atoms with van der Waals surface area (Å²) < 4.78 is 0. The van der Waals surface area contributed by atoms with Gasteiger partial charge in [0, 0.05) is 0 Å². The Bertz CT molecular complexity index is 3230. The summed E-state index contributed by atoms with van der Waals surface area (Å²) in [6.45, 7) is 27.6. The summed E-state index contributed by atoms with van der Waals surface area (Å²) in [4.78, 5) is 0. The normalized spacial score (nSPS) is 11.7. The van der Waals surface area contributed by atoms with E-state index in [1.807, 2.05) is 6.07 Å². The second-order valence-corrected chi connectivity index (χ2v) is 27.2. The summed E-state index contributed by atoms with van der Waals surface area (Å²) in [7, 11) is 10.7. The third-order valence-corrected chi connectivity index (χ3v) is 16.2. The van der Waals surface area contributed by atoms with Crippen LogP contribution in [0.15, 0.2) is 188 Å².